The van der Waals surface area contributed by atoms with Gasteiger partial charge in [-0.15, -0.1) is 0 Å². The van der Waals surface area contributed by atoms with E-state index >= 15 is 0 Å². The number of rotatable bonds is 13. The Morgan fingerprint density at radius 3 is 2.58 bits per heavy atom. The SMILES string of the molecule is O=C(CCCNCS(=O)(=O)c1cccc(Cl)c1Cl)N(CCc1ccc(C2=NCCN2)cc1)CC(F)F. The molecular formula is C24H28Cl2F2N4O3S. The molecule has 3 rings (SSSR count). The van der Waals surface area contributed by atoms with Gasteiger partial charge in [-0.25, -0.2) is 17.2 Å². The molecule has 0 bridgehead atoms. The highest BCUT2D eigenvalue weighted by Crippen LogP contribution is 2.29. The van der Waals surface area contributed by atoms with Crippen LogP contribution in [0, 0.1) is 0 Å². The molecule has 36 heavy (non-hydrogen) atoms. The summed E-state index contributed by atoms with van der Waals surface area (Å²) in [4.78, 5) is 18.0. The number of hydrogen-bond donors (Lipinski definition) is 2. The van der Waals surface area contributed by atoms with E-state index in [1.807, 2.05) is 24.3 Å². The molecule has 12 heteroatoms. The first kappa shape index (κ1) is 28.3. The fourth-order valence-electron chi connectivity index (χ4n) is 3.70. The van der Waals surface area contributed by atoms with Gasteiger partial charge in [-0.2, -0.15) is 0 Å². The highest BCUT2D eigenvalue weighted by molar-refractivity contribution is 7.91. The monoisotopic (exact) mass is 560 g/mol. The Morgan fingerprint density at radius 2 is 1.92 bits per heavy atom. The number of halogens is 4. The molecule has 2 aromatic rings. The Bertz CT molecular complexity index is 1180. The molecule has 1 heterocycles. The van der Waals surface area contributed by atoms with Crippen LogP contribution in [-0.4, -0.2) is 70.1 Å². The molecule has 0 saturated heterocycles. The first-order valence-electron chi connectivity index (χ1n) is 11.5. The maximum Gasteiger partial charge on any atom is 0.255 e. The van der Waals surface area contributed by atoms with Gasteiger partial charge < -0.3 is 15.5 Å². The Labute approximate surface area is 219 Å². The fourth-order valence-corrected chi connectivity index (χ4v) is 5.65. The minimum Gasteiger partial charge on any atom is -0.368 e. The molecular weight excluding hydrogens is 533 g/mol. The lowest BCUT2D eigenvalue weighted by Crippen LogP contribution is -2.37. The number of benzene rings is 2. The van der Waals surface area contributed by atoms with E-state index in [0.29, 0.717) is 12.8 Å². The highest BCUT2D eigenvalue weighted by Gasteiger charge is 2.20. The van der Waals surface area contributed by atoms with Crippen LogP contribution in [0.4, 0.5) is 8.78 Å². The fraction of sp³-hybridized carbons (Fsp3) is 0.417. The molecule has 0 fully saturated rings. The predicted octanol–water partition coefficient (Wildman–Crippen LogP) is 3.78. The van der Waals surface area contributed by atoms with Crippen molar-refractivity contribution in [3.63, 3.8) is 0 Å². The van der Waals surface area contributed by atoms with Crippen LogP contribution in [0.5, 0.6) is 0 Å². The predicted molar refractivity (Wildman–Crippen MR) is 138 cm³/mol. The lowest BCUT2D eigenvalue weighted by Gasteiger charge is -2.22. The number of amides is 1. The molecule has 1 aliphatic heterocycles. The molecule has 1 amide bonds. The van der Waals surface area contributed by atoms with Crippen LogP contribution in [0.3, 0.4) is 0 Å². The topological polar surface area (TPSA) is 90.9 Å². The van der Waals surface area contributed by atoms with E-state index in [0.717, 1.165) is 35.0 Å². The number of alkyl halides is 2. The molecule has 7 nitrogen and oxygen atoms in total. The van der Waals surface area contributed by atoms with Crippen LogP contribution in [0.2, 0.25) is 10.0 Å². The standard InChI is InChI=1S/C24H28Cl2F2N4O3S/c25-19-3-1-4-20(23(19)26)36(34,35)16-29-11-2-5-22(33)32(15-21(27)28)14-10-17-6-8-18(9-7-17)24-30-12-13-31-24/h1,3-4,6-9,21,29H,2,5,10-16H2,(H,30,31). The average molecular weight is 561 g/mol. The summed E-state index contributed by atoms with van der Waals surface area (Å²) < 4.78 is 51.1. The van der Waals surface area contributed by atoms with Gasteiger partial charge in [0.2, 0.25) is 5.91 Å². The molecule has 0 aromatic heterocycles. The molecule has 0 atom stereocenters. The second-order valence-corrected chi connectivity index (χ2v) is 11.0. The number of nitrogens with zero attached hydrogens (tertiary/aromatic N) is 2. The number of amidine groups is 1. The molecule has 0 radical (unpaired) electrons. The molecule has 0 unspecified atom stereocenters. The summed E-state index contributed by atoms with van der Waals surface area (Å²) in [6.45, 7) is 1.28. The van der Waals surface area contributed by atoms with Crippen molar-refractivity contribution in [2.75, 3.05) is 38.6 Å². The Hall–Kier alpha value is -2.27. The number of carbonyl (C=O) groups is 1. The Kier molecular flexibility index (Phi) is 10.5. The number of hydrogen-bond acceptors (Lipinski definition) is 6. The molecule has 2 N–H and O–H groups in total. The number of carbonyl (C=O) groups excluding carboxylic acids is 1. The van der Waals surface area contributed by atoms with Gasteiger partial charge in [0.1, 0.15) is 11.7 Å². The first-order chi connectivity index (χ1) is 17.2. The van der Waals surface area contributed by atoms with E-state index < -0.39 is 28.7 Å². The maximum atomic E-state index is 13.1. The summed E-state index contributed by atoms with van der Waals surface area (Å²) >= 11 is 11.9. The zero-order valence-corrected chi connectivity index (χ0v) is 21.9. The Morgan fingerprint density at radius 1 is 1.17 bits per heavy atom. The summed E-state index contributed by atoms with van der Waals surface area (Å²) in [6, 6.07) is 12.0. The van der Waals surface area contributed by atoms with Gasteiger partial charge in [-0.05, 0) is 37.1 Å². The van der Waals surface area contributed by atoms with Crippen molar-refractivity contribution in [1.82, 2.24) is 15.5 Å². The third-order valence-electron chi connectivity index (χ3n) is 5.57. The van der Waals surface area contributed by atoms with E-state index in [1.165, 1.54) is 18.2 Å². The average Bonchev–Trinajstić information content (AvgIpc) is 3.38. The molecule has 0 spiro atoms. The summed E-state index contributed by atoms with van der Waals surface area (Å²) in [7, 11) is -3.73. The summed E-state index contributed by atoms with van der Waals surface area (Å²) in [5.41, 5.74) is 1.89. The van der Waals surface area contributed by atoms with Crippen LogP contribution in [-0.2, 0) is 21.1 Å². The van der Waals surface area contributed by atoms with Gasteiger partial charge in [0, 0.05) is 25.1 Å². The lowest BCUT2D eigenvalue weighted by atomic mass is 10.1. The van der Waals surface area contributed by atoms with E-state index in [-0.39, 0.29) is 40.3 Å². The first-order valence-corrected chi connectivity index (χ1v) is 13.9. The van der Waals surface area contributed by atoms with E-state index in [1.54, 1.807) is 0 Å². The minimum atomic E-state index is -3.73. The van der Waals surface area contributed by atoms with E-state index in [4.69, 9.17) is 23.2 Å². The summed E-state index contributed by atoms with van der Waals surface area (Å²) in [5.74, 6) is 0.0482. The highest BCUT2D eigenvalue weighted by atomic mass is 35.5. The molecule has 0 aliphatic carbocycles. The van der Waals surface area contributed by atoms with E-state index in [2.05, 4.69) is 15.6 Å². The number of sulfone groups is 1. The van der Waals surface area contributed by atoms with E-state index in [9.17, 15) is 22.0 Å². The molecule has 0 saturated carbocycles. The number of nitrogens with one attached hydrogen (secondary N) is 2. The van der Waals surface area contributed by atoms with Gasteiger partial charge in [-0.3, -0.25) is 9.79 Å². The van der Waals surface area contributed by atoms with Crippen molar-refractivity contribution in [2.45, 2.75) is 30.6 Å². The largest absolute Gasteiger partial charge is 0.368 e. The van der Waals surface area contributed by atoms with Crippen molar-refractivity contribution in [1.29, 1.82) is 0 Å². The van der Waals surface area contributed by atoms with Gasteiger partial charge in [0.05, 0.1) is 28.0 Å². The van der Waals surface area contributed by atoms with Crippen molar-refractivity contribution in [2.24, 2.45) is 4.99 Å². The zero-order valence-electron chi connectivity index (χ0n) is 19.5. The minimum absolute atomic E-state index is 0.0160. The van der Waals surface area contributed by atoms with Gasteiger partial charge in [-0.1, -0.05) is 53.5 Å². The summed E-state index contributed by atoms with van der Waals surface area (Å²) in [5, 5.41) is 6.06. The zero-order chi connectivity index (χ0) is 26.1. The third kappa shape index (κ3) is 8.12. The maximum absolute atomic E-state index is 13.1. The van der Waals surface area contributed by atoms with Crippen LogP contribution in [0.1, 0.15) is 24.0 Å². The van der Waals surface area contributed by atoms with Crippen molar-refractivity contribution >= 4 is 44.8 Å². The van der Waals surface area contributed by atoms with Crippen molar-refractivity contribution < 1.29 is 22.0 Å². The second-order valence-electron chi connectivity index (χ2n) is 8.25. The van der Waals surface area contributed by atoms with Gasteiger partial charge in [0.15, 0.2) is 9.84 Å². The van der Waals surface area contributed by atoms with Crippen molar-refractivity contribution in [3.8, 4) is 0 Å². The molecule has 2 aromatic carbocycles. The molecule has 1 aliphatic rings. The summed E-state index contributed by atoms with van der Waals surface area (Å²) in [6.07, 6.45) is -1.90. The van der Waals surface area contributed by atoms with Gasteiger partial charge in [0.25, 0.3) is 6.43 Å². The number of aliphatic imine (C=N–C) groups is 1. The molecule has 196 valence electrons. The van der Waals surface area contributed by atoms with Crippen LogP contribution >= 0.6 is 23.2 Å². The lowest BCUT2D eigenvalue weighted by molar-refractivity contribution is -0.133. The van der Waals surface area contributed by atoms with Crippen LogP contribution in [0.25, 0.3) is 0 Å². The normalized spacial score (nSPS) is 13.5. The Balaban J connectivity index is 1.45. The quantitative estimate of drug-likeness (QED) is 0.364. The third-order valence-corrected chi connectivity index (χ3v) is 8.10. The van der Waals surface area contributed by atoms with Crippen LogP contribution in [0.15, 0.2) is 52.4 Å². The van der Waals surface area contributed by atoms with Gasteiger partial charge >= 0.3 is 0 Å². The van der Waals surface area contributed by atoms with Crippen molar-refractivity contribution in [3.05, 3.63) is 63.6 Å². The second kappa shape index (κ2) is 13.3. The van der Waals surface area contributed by atoms with Crippen LogP contribution < -0.4 is 10.6 Å². The smallest absolute Gasteiger partial charge is 0.255 e.